The van der Waals surface area contributed by atoms with Crippen LogP contribution in [0.25, 0.3) is 11.6 Å². The molecule has 0 atom stereocenters. The van der Waals surface area contributed by atoms with E-state index in [4.69, 9.17) is 9.15 Å². The van der Waals surface area contributed by atoms with Gasteiger partial charge in [-0.25, -0.2) is 9.37 Å². The Hall–Kier alpha value is -3.54. The summed E-state index contributed by atoms with van der Waals surface area (Å²) in [6, 6.07) is 17.6. The number of pyridine rings is 1. The fourth-order valence-electron chi connectivity index (χ4n) is 3.22. The molecule has 0 aliphatic carbocycles. The first-order chi connectivity index (χ1) is 14.3. The maximum absolute atomic E-state index is 14.2. The lowest BCUT2D eigenvalue weighted by molar-refractivity contribution is 0.439. The van der Waals surface area contributed by atoms with Crippen molar-refractivity contribution in [1.82, 2.24) is 15.2 Å². The average molecular weight is 403 g/mol. The lowest BCUT2D eigenvalue weighted by atomic mass is 9.78. The van der Waals surface area contributed by atoms with Gasteiger partial charge in [-0.1, -0.05) is 55.8 Å². The molecule has 0 bridgehead atoms. The second kappa shape index (κ2) is 7.71. The van der Waals surface area contributed by atoms with Gasteiger partial charge in [0, 0.05) is 18.4 Å². The molecular weight excluding hydrogens is 381 g/mol. The molecule has 6 heteroatoms. The van der Waals surface area contributed by atoms with Crippen LogP contribution in [0.15, 0.2) is 65.2 Å². The molecule has 2 aromatic heterocycles. The first-order valence-corrected chi connectivity index (χ1v) is 9.64. The summed E-state index contributed by atoms with van der Waals surface area (Å²) in [5, 5.41) is 7.68. The second-order valence-electron chi connectivity index (χ2n) is 7.74. The van der Waals surface area contributed by atoms with Crippen LogP contribution in [-0.2, 0) is 5.41 Å². The standard InChI is InChI=1S/C24H22FN3O2/c1-15-5-7-17(8-6-15)24(3,4)18-9-11-19(12-10-18)30-22-13-21(26-14-20(22)25)23-28-27-16(2)29-23/h5-14H,1-4H3. The van der Waals surface area contributed by atoms with Crippen LogP contribution in [0.5, 0.6) is 11.5 Å². The molecule has 2 aromatic carbocycles. The number of halogens is 1. The number of aryl methyl sites for hydroxylation is 2. The van der Waals surface area contributed by atoms with Gasteiger partial charge in [-0.3, -0.25) is 0 Å². The topological polar surface area (TPSA) is 61.0 Å². The molecule has 5 nitrogen and oxygen atoms in total. The van der Waals surface area contributed by atoms with Gasteiger partial charge in [-0.15, -0.1) is 10.2 Å². The number of hydrogen-bond acceptors (Lipinski definition) is 5. The normalized spacial score (nSPS) is 11.5. The third-order valence-electron chi connectivity index (χ3n) is 5.14. The highest BCUT2D eigenvalue weighted by Gasteiger charge is 2.23. The summed E-state index contributed by atoms with van der Waals surface area (Å²) in [4.78, 5) is 4.00. The Labute approximate surface area is 174 Å². The highest BCUT2D eigenvalue weighted by atomic mass is 19.1. The minimum Gasteiger partial charge on any atom is -0.454 e. The fraction of sp³-hybridized carbons (Fsp3) is 0.208. The fourth-order valence-corrected chi connectivity index (χ4v) is 3.22. The Balaban J connectivity index is 1.57. The number of benzene rings is 2. The molecule has 0 aliphatic rings. The Morgan fingerprint density at radius 1 is 0.900 bits per heavy atom. The van der Waals surface area contributed by atoms with Crippen molar-refractivity contribution in [3.63, 3.8) is 0 Å². The summed E-state index contributed by atoms with van der Waals surface area (Å²) in [5.41, 5.74) is 3.77. The lowest BCUT2D eigenvalue weighted by Crippen LogP contribution is -2.18. The first-order valence-electron chi connectivity index (χ1n) is 9.64. The van der Waals surface area contributed by atoms with Crippen molar-refractivity contribution in [3.05, 3.63) is 89.2 Å². The van der Waals surface area contributed by atoms with Crippen molar-refractivity contribution >= 4 is 0 Å². The molecule has 0 amide bonds. The summed E-state index contributed by atoms with van der Waals surface area (Å²) >= 11 is 0. The smallest absolute Gasteiger partial charge is 0.266 e. The van der Waals surface area contributed by atoms with Crippen molar-refractivity contribution in [2.45, 2.75) is 33.1 Å². The molecule has 4 rings (SSSR count). The molecular formula is C24H22FN3O2. The summed E-state index contributed by atoms with van der Waals surface area (Å²) < 4.78 is 25.4. The maximum atomic E-state index is 14.2. The van der Waals surface area contributed by atoms with Crippen LogP contribution in [0.1, 0.15) is 36.4 Å². The molecule has 0 radical (unpaired) electrons. The molecule has 0 fully saturated rings. The monoisotopic (exact) mass is 403 g/mol. The van der Waals surface area contributed by atoms with E-state index in [1.165, 1.54) is 17.2 Å². The quantitative estimate of drug-likeness (QED) is 0.409. The van der Waals surface area contributed by atoms with Crippen LogP contribution in [0, 0.1) is 19.7 Å². The van der Waals surface area contributed by atoms with Crippen LogP contribution >= 0.6 is 0 Å². The zero-order chi connectivity index (χ0) is 21.3. The van der Waals surface area contributed by atoms with Crippen molar-refractivity contribution in [3.8, 4) is 23.1 Å². The molecule has 0 saturated carbocycles. The SMILES string of the molecule is Cc1ccc(C(C)(C)c2ccc(Oc3cc(-c4nnc(C)o4)ncc3F)cc2)cc1. The van der Waals surface area contributed by atoms with E-state index in [1.54, 1.807) is 6.92 Å². The summed E-state index contributed by atoms with van der Waals surface area (Å²) in [7, 11) is 0. The van der Waals surface area contributed by atoms with E-state index in [-0.39, 0.29) is 17.1 Å². The van der Waals surface area contributed by atoms with Crippen LogP contribution in [-0.4, -0.2) is 15.2 Å². The van der Waals surface area contributed by atoms with Crippen molar-refractivity contribution in [1.29, 1.82) is 0 Å². The molecule has 0 spiro atoms. The number of aromatic nitrogens is 3. The van der Waals surface area contributed by atoms with Crippen LogP contribution in [0.2, 0.25) is 0 Å². The highest BCUT2D eigenvalue weighted by Crippen LogP contribution is 2.34. The van der Waals surface area contributed by atoms with E-state index in [0.717, 1.165) is 11.8 Å². The Morgan fingerprint density at radius 3 is 2.13 bits per heavy atom. The molecule has 0 N–H and O–H groups in total. The predicted molar refractivity (Wildman–Crippen MR) is 112 cm³/mol. The van der Waals surface area contributed by atoms with E-state index >= 15 is 0 Å². The Bertz CT molecular complexity index is 1170. The first kappa shape index (κ1) is 19.8. The van der Waals surface area contributed by atoms with E-state index in [2.05, 4.69) is 60.2 Å². The van der Waals surface area contributed by atoms with Gasteiger partial charge < -0.3 is 9.15 Å². The zero-order valence-corrected chi connectivity index (χ0v) is 17.3. The third-order valence-corrected chi connectivity index (χ3v) is 5.14. The minimum atomic E-state index is -0.570. The summed E-state index contributed by atoms with van der Waals surface area (Å²) in [6.07, 6.45) is 1.08. The van der Waals surface area contributed by atoms with Crippen molar-refractivity contribution in [2.24, 2.45) is 0 Å². The van der Waals surface area contributed by atoms with Gasteiger partial charge in [0.2, 0.25) is 5.89 Å². The number of ether oxygens (including phenoxy) is 1. The van der Waals surface area contributed by atoms with Crippen molar-refractivity contribution < 1.29 is 13.5 Å². The summed E-state index contributed by atoms with van der Waals surface area (Å²) in [5.74, 6) is 0.620. The average Bonchev–Trinajstić information content (AvgIpc) is 3.17. The lowest BCUT2D eigenvalue weighted by Gasteiger charge is -2.26. The number of hydrogen-bond donors (Lipinski definition) is 0. The predicted octanol–water partition coefficient (Wildman–Crippen LogP) is 6.01. The molecule has 4 aromatic rings. The number of rotatable bonds is 5. The maximum Gasteiger partial charge on any atom is 0.266 e. The van der Waals surface area contributed by atoms with Gasteiger partial charge in [0.25, 0.3) is 5.89 Å². The van der Waals surface area contributed by atoms with E-state index in [0.29, 0.717) is 17.3 Å². The van der Waals surface area contributed by atoms with Gasteiger partial charge in [0.05, 0.1) is 6.20 Å². The number of nitrogens with zero attached hydrogens (tertiary/aromatic N) is 3. The van der Waals surface area contributed by atoms with E-state index in [9.17, 15) is 4.39 Å². The molecule has 152 valence electrons. The molecule has 2 heterocycles. The van der Waals surface area contributed by atoms with E-state index < -0.39 is 5.82 Å². The highest BCUT2D eigenvalue weighted by molar-refractivity contribution is 5.50. The van der Waals surface area contributed by atoms with E-state index in [1.807, 2.05) is 24.3 Å². The largest absolute Gasteiger partial charge is 0.454 e. The van der Waals surface area contributed by atoms with Crippen LogP contribution in [0.4, 0.5) is 4.39 Å². The third kappa shape index (κ3) is 3.94. The van der Waals surface area contributed by atoms with Gasteiger partial charge in [0.15, 0.2) is 11.6 Å². The summed E-state index contributed by atoms with van der Waals surface area (Å²) in [6.45, 7) is 8.10. The Morgan fingerprint density at radius 2 is 1.53 bits per heavy atom. The molecule has 0 unspecified atom stereocenters. The van der Waals surface area contributed by atoms with Crippen molar-refractivity contribution in [2.75, 3.05) is 0 Å². The second-order valence-corrected chi connectivity index (χ2v) is 7.74. The van der Waals surface area contributed by atoms with Gasteiger partial charge >= 0.3 is 0 Å². The minimum absolute atomic E-state index is 0.0430. The van der Waals surface area contributed by atoms with Gasteiger partial charge in [0.1, 0.15) is 11.4 Å². The molecule has 0 saturated heterocycles. The van der Waals surface area contributed by atoms with Crippen LogP contribution in [0.3, 0.4) is 0 Å². The zero-order valence-electron chi connectivity index (χ0n) is 17.3. The molecule has 0 aliphatic heterocycles. The van der Waals surface area contributed by atoms with Crippen LogP contribution < -0.4 is 4.74 Å². The molecule has 30 heavy (non-hydrogen) atoms. The van der Waals surface area contributed by atoms with Gasteiger partial charge in [-0.05, 0) is 30.2 Å². The van der Waals surface area contributed by atoms with Gasteiger partial charge in [-0.2, -0.15) is 0 Å². The Kier molecular flexibility index (Phi) is 5.08.